The molecule has 7 heteroatoms. The number of hydrogen-bond acceptors (Lipinski definition) is 5. The molecule has 0 aliphatic carbocycles. The highest BCUT2D eigenvalue weighted by atomic mass is 35.5. The molecule has 6 nitrogen and oxygen atoms in total. The van der Waals surface area contributed by atoms with Gasteiger partial charge in [0, 0.05) is 17.1 Å². The standard InChI is InChI=1S/C23H20ClN3O3/c1-2-30-21(28)19-18(15-7-5-8-16(24)12-15)23(13-25,22(26)29)20-17-9-4-3-6-14(17)10-11-27(19)20/h3-12,18-20H,2H2,1H3,(H2,26,29)/t18-,19+,20?,23-/m0/s1. The van der Waals surface area contributed by atoms with Crippen molar-refractivity contribution < 1.29 is 14.3 Å². The number of esters is 1. The second-order valence-corrected chi connectivity index (χ2v) is 7.81. The van der Waals surface area contributed by atoms with Gasteiger partial charge in [0.1, 0.15) is 6.04 Å². The van der Waals surface area contributed by atoms with Gasteiger partial charge in [0.05, 0.1) is 18.7 Å². The van der Waals surface area contributed by atoms with E-state index in [2.05, 4.69) is 6.07 Å². The number of benzene rings is 2. The molecule has 1 saturated heterocycles. The molecule has 152 valence electrons. The van der Waals surface area contributed by atoms with Gasteiger partial charge in [0.15, 0.2) is 5.41 Å². The number of carbonyl (C=O) groups is 2. The fourth-order valence-corrected chi connectivity index (χ4v) is 4.95. The van der Waals surface area contributed by atoms with Crippen LogP contribution >= 0.6 is 11.6 Å². The summed E-state index contributed by atoms with van der Waals surface area (Å²) in [5, 5.41) is 10.8. The molecular formula is C23H20ClN3O3. The first-order chi connectivity index (χ1) is 14.5. The van der Waals surface area contributed by atoms with Gasteiger partial charge in [-0.05, 0) is 41.8 Å². The van der Waals surface area contributed by atoms with Gasteiger partial charge in [0.2, 0.25) is 5.91 Å². The molecule has 1 unspecified atom stereocenters. The molecule has 0 spiro atoms. The number of hydrogen-bond donors (Lipinski definition) is 1. The first-order valence-corrected chi connectivity index (χ1v) is 10.0. The Kier molecular flexibility index (Phi) is 5.00. The molecule has 2 aliphatic heterocycles. The Balaban J connectivity index is 2.03. The molecule has 4 atom stereocenters. The van der Waals surface area contributed by atoms with Gasteiger partial charge < -0.3 is 15.4 Å². The lowest BCUT2D eigenvalue weighted by Crippen LogP contribution is -2.44. The Bertz CT molecular complexity index is 1090. The second kappa shape index (κ2) is 7.51. The minimum absolute atomic E-state index is 0.173. The van der Waals surface area contributed by atoms with Crippen molar-refractivity contribution in [2.75, 3.05) is 6.61 Å². The summed E-state index contributed by atoms with van der Waals surface area (Å²) >= 11 is 6.22. The number of nitrogens with two attached hydrogens (primary N) is 1. The molecule has 2 aliphatic rings. The molecule has 1 fully saturated rings. The van der Waals surface area contributed by atoms with Crippen molar-refractivity contribution >= 4 is 29.6 Å². The van der Waals surface area contributed by atoms with Crippen LogP contribution in [0.1, 0.15) is 35.6 Å². The lowest BCUT2D eigenvalue weighted by Gasteiger charge is -2.35. The fourth-order valence-electron chi connectivity index (χ4n) is 4.75. The summed E-state index contributed by atoms with van der Waals surface area (Å²) < 4.78 is 5.35. The zero-order valence-electron chi connectivity index (χ0n) is 16.3. The van der Waals surface area contributed by atoms with E-state index in [0.29, 0.717) is 10.6 Å². The maximum atomic E-state index is 13.1. The van der Waals surface area contributed by atoms with E-state index in [-0.39, 0.29) is 6.61 Å². The summed E-state index contributed by atoms with van der Waals surface area (Å²) in [5.74, 6) is -2.17. The van der Waals surface area contributed by atoms with Crippen molar-refractivity contribution in [3.8, 4) is 6.07 Å². The van der Waals surface area contributed by atoms with Crippen molar-refractivity contribution in [2.45, 2.75) is 24.9 Å². The maximum absolute atomic E-state index is 13.1. The second-order valence-electron chi connectivity index (χ2n) is 7.37. The molecule has 1 amide bonds. The highest BCUT2D eigenvalue weighted by Crippen LogP contribution is 2.60. The van der Waals surface area contributed by atoms with Crippen LogP contribution in [0.15, 0.2) is 54.7 Å². The normalized spacial score (nSPS) is 26.4. The average Bonchev–Trinajstić information content (AvgIpc) is 3.06. The van der Waals surface area contributed by atoms with Crippen LogP contribution in [-0.2, 0) is 14.3 Å². The smallest absolute Gasteiger partial charge is 0.329 e. The van der Waals surface area contributed by atoms with Crippen LogP contribution in [0.2, 0.25) is 5.02 Å². The van der Waals surface area contributed by atoms with Crippen LogP contribution in [0, 0.1) is 16.7 Å². The minimum Gasteiger partial charge on any atom is -0.464 e. The van der Waals surface area contributed by atoms with Crippen LogP contribution in [-0.4, -0.2) is 29.4 Å². The summed E-state index contributed by atoms with van der Waals surface area (Å²) in [7, 11) is 0. The van der Waals surface area contributed by atoms with Crippen molar-refractivity contribution in [3.05, 3.63) is 76.4 Å². The van der Waals surface area contributed by atoms with Gasteiger partial charge in [-0.3, -0.25) is 4.79 Å². The largest absolute Gasteiger partial charge is 0.464 e. The quantitative estimate of drug-likeness (QED) is 0.763. The van der Waals surface area contributed by atoms with Gasteiger partial charge in [-0.1, -0.05) is 48.0 Å². The number of halogens is 1. The van der Waals surface area contributed by atoms with Gasteiger partial charge in [-0.25, -0.2) is 4.79 Å². The van der Waals surface area contributed by atoms with Crippen LogP contribution in [0.3, 0.4) is 0 Å². The van der Waals surface area contributed by atoms with E-state index < -0.39 is 35.3 Å². The molecule has 0 saturated carbocycles. The number of nitrogens with zero attached hydrogens (tertiary/aromatic N) is 2. The van der Waals surface area contributed by atoms with Gasteiger partial charge in [0.25, 0.3) is 0 Å². The monoisotopic (exact) mass is 421 g/mol. The lowest BCUT2D eigenvalue weighted by molar-refractivity contribution is -0.148. The Hall–Kier alpha value is -3.30. The van der Waals surface area contributed by atoms with E-state index in [1.54, 1.807) is 42.3 Å². The van der Waals surface area contributed by atoms with Crippen LogP contribution < -0.4 is 5.73 Å². The van der Waals surface area contributed by atoms with Crippen molar-refractivity contribution in [2.24, 2.45) is 11.1 Å². The van der Waals surface area contributed by atoms with E-state index in [1.165, 1.54) is 0 Å². The minimum atomic E-state index is -1.71. The zero-order chi connectivity index (χ0) is 21.5. The molecule has 2 aromatic rings. The first-order valence-electron chi connectivity index (χ1n) is 9.63. The number of carbonyl (C=O) groups excluding carboxylic acids is 2. The van der Waals surface area contributed by atoms with Crippen molar-refractivity contribution in [3.63, 3.8) is 0 Å². The summed E-state index contributed by atoms with van der Waals surface area (Å²) in [4.78, 5) is 27.8. The zero-order valence-corrected chi connectivity index (χ0v) is 17.0. The van der Waals surface area contributed by atoms with E-state index >= 15 is 0 Å². The number of fused-ring (bicyclic) bond motifs is 3. The predicted octanol–water partition coefficient (Wildman–Crippen LogP) is 3.39. The van der Waals surface area contributed by atoms with Gasteiger partial charge in [-0.15, -0.1) is 0 Å². The summed E-state index contributed by atoms with van der Waals surface area (Å²) in [5.41, 5.74) is 6.42. The fraction of sp³-hybridized carbons (Fsp3) is 0.261. The summed E-state index contributed by atoms with van der Waals surface area (Å²) in [6.45, 7) is 1.89. The van der Waals surface area contributed by atoms with Crippen LogP contribution in [0.5, 0.6) is 0 Å². The van der Waals surface area contributed by atoms with Gasteiger partial charge in [-0.2, -0.15) is 5.26 Å². The first kappa shape index (κ1) is 20.0. The van der Waals surface area contributed by atoms with E-state index in [0.717, 1.165) is 11.1 Å². The van der Waals surface area contributed by atoms with E-state index in [1.807, 2.05) is 30.3 Å². The molecule has 0 aromatic heterocycles. The average molecular weight is 422 g/mol. The number of amides is 1. The number of ether oxygens (including phenoxy) is 1. The van der Waals surface area contributed by atoms with Crippen LogP contribution in [0.25, 0.3) is 6.08 Å². The third kappa shape index (κ3) is 2.78. The Labute approximate surface area is 179 Å². The van der Waals surface area contributed by atoms with Crippen molar-refractivity contribution in [1.29, 1.82) is 5.26 Å². The molecule has 2 heterocycles. The predicted molar refractivity (Wildman–Crippen MR) is 112 cm³/mol. The molecule has 30 heavy (non-hydrogen) atoms. The molecule has 0 radical (unpaired) electrons. The summed E-state index contributed by atoms with van der Waals surface area (Å²) in [6.07, 6.45) is 3.61. The number of primary amides is 1. The summed E-state index contributed by atoms with van der Waals surface area (Å²) in [6, 6.07) is 14.9. The third-order valence-corrected chi connectivity index (χ3v) is 6.14. The maximum Gasteiger partial charge on any atom is 0.329 e. The number of rotatable bonds is 4. The molecular weight excluding hydrogens is 402 g/mol. The third-order valence-electron chi connectivity index (χ3n) is 5.90. The van der Waals surface area contributed by atoms with Gasteiger partial charge >= 0.3 is 5.97 Å². The SMILES string of the molecule is CCOC(=O)[C@H]1[C@H](c2cccc(Cl)c2)[C@](C#N)(C(N)=O)C2c3ccccc3C=CN21. The Morgan fingerprint density at radius 3 is 2.70 bits per heavy atom. The number of nitriles is 1. The van der Waals surface area contributed by atoms with Crippen LogP contribution in [0.4, 0.5) is 0 Å². The molecule has 0 bridgehead atoms. The molecule has 2 aromatic carbocycles. The lowest BCUT2D eigenvalue weighted by atomic mass is 9.66. The van der Waals surface area contributed by atoms with E-state index in [9.17, 15) is 14.9 Å². The molecule has 4 rings (SSSR count). The Morgan fingerprint density at radius 1 is 1.27 bits per heavy atom. The highest BCUT2D eigenvalue weighted by molar-refractivity contribution is 6.30. The highest BCUT2D eigenvalue weighted by Gasteiger charge is 2.66. The topological polar surface area (TPSA) is 96.4 Å². The van der Waals surface area contributed by atoms with E-state index in [4.69, 9.17) is 22.1 Å². The molecule has 2 N–H and O–H groups in total. The Morgan fingerprint density at radius 2 is 2.03 bits per heavy atom. The van der Waals surface area contributed by atoms with Crippen molar-refractivity contribution in [1.82, 2.24) is 4.90 Å².